The molecule has 0 bridgehead atoms. The van der Waals surface area contributed by atoms with Gasteiger partial charge in [0.15, 0.2) is 0 Å². The van der Waals surface area contributed by atoms with E-state index in [1.165, 1.54) is 54.6 Å². The van der Waals surface area contributed by atoms with Crippen LogP contribution >= 0.6 is 0 Å². The first kappa shape index (κ1) is 50.6. The number of nitrogens with zero attached hydrogens (tertiary/aromatic N) is 1. The molecule has 5 aromatic rings. The minimum atomic E-state index is -5.21. The molecular formula is C37H26N3Na3O12S4. The molecule has 0 heterocycles. The smallest absolute Gasteiger partial charge is 0.744 e. The molecule has 1 aliphatic carbocycles. The van der Waals surface area contributed by atoms with Crippen molar-refractivity contribution in [1.82, 2.24) is 0 Å². The molecule has 15 nitrogen and oxygen atoms in total. The molecule has 1 aliphatic rings. The average molecular weight is 902 g/mol. The maximum absolute atomic E-state index is 11.9. The zero-order valence-corrected chi connectivity index (χ0v) is 40.6. The Hall–Kier alpha value is -2.77. The van der Waals surface area contributed by atoms with E-state index in [-0.39, 0.29) is 104 Å². The quantitative estimate of drug-likeness (QED) is 0.0874. The van der Waals surface area contributed by atoms with Crippen LogP contribution in [0.2, 0.25) is 0 Å². The van der Waals surface area contributed by atoms with Gasteiger partial charge >= 0.3 is 88.7 Å². The van der Waals surface area contributed by atoms with E-state index in [9.17, 15) is 51.9 Å². The van der Waals surface area contributed by atoms with Crippen LogP contribution in [0.5, 0.6) is 0 Å². The predicted molar refractivity (Wildman–Crippen MR) is 204 cm³/mol. The SMILES string of the molecule is O=S(=O)([O-])c1ccc(N=C2C=CC(=C(c3ccc(Nc4ccc(S(=O)(=O)[O-])cc4)cc3)c3ccc(Nc4ccc(S(=O)(=O)[O-])c(S(=O)(=O)O)c4)cc3)C=C2)cc1.[Na+].[Na+].[Na+]. The van der Waals surface area contributed by atoms with Gasteiger partial charge in [0.25, 0.3) is 10.1 Å². The average Bonchev–Trinajstić information content (AvgIpc) is 3.13. The number of anilines is 4. The van der Waals surface area contributed by atoms with Gasteiger partial charge in [0.2, 0.25) is 0 Å². The number of allylic oxidation sites excluding steroid dienone is 5. The zero-order valence-electron chi connectivity index (χ0n) is 31.3. The predicted octanol–water partition coefficient (Wildman–Crippen LogP) is -3.15. The van der Waals surface area contributed by atoms with Crippen LogP contribution in [0.15, 0.2) is 170 Å². The normalized spacial score (nSPS) is 12.7. The first-order valence-electron chi connectivity index (χ1n) is 15.9. The fourth-order valence-electron chi connectivity index (χ4n) is 5.51. The Kier molecular flexibility index (Phi) is 17.5. The molecule has 0 unspecified atom stereocenters. The van der Waals surface area contributed by atoms with Gasteiger partial charge in [-0.1, -0.05) is 36.4 Å². The number of rotatable bonds is 11. The molecule has 288 valence electrons. The van der Waals surface area contributed by atoms with E-state index in [1.807, 2.05) is 24.3 Å². The molecule has 0 atom stereocenters. The fourth-order valence-corrected chi connectivity index (χ4v) is 8.21. The zero-order chi connectivity index (χ0) is 40.5. The van der Waals surface area contributed by atoms with Crippen LogP contribution in [0.4, 0.5) is 28.4 Å². The molecule has 0 amide bonds. The molecule has 0 spiro atoms. The Morgan fingerprint density at radius 2 is 0.864 bits per heavy atom. The van der Waals surface area contributed by atoms with E-state index in [2.05, 4.69) is 15.6 Å². The van der Waals surface area contributed by atoms with Gasteiger partial charge in [-0.05, 0) is 125 Å². The third-order valence-corrected chi connectivity index (χ3v) is 11.7. The first-order valence-corrected chi connectivity index (χ1v) is 21.5. The second kappa shape index (κ2) is 20.4. The summed E-state index contributed by atoms with van der Waals surface area (Å²) in [6, 6.07) is 27.4. The summed E-state index contributed by atoms with van der Waals surface area (Å²) < 4.78 is 136. The summed E-state index contributed by atoms with van der Waals surface area (Å²) in [6.45, 7) is 0. The summed E-state index contributed by atoms with van der Waals surface area (Å²) in [6.07, 6.45) is 7.11. The fraction of sp³-hybridized carbons (Fsp3) is 0. The number of benzene rings is 5. The summed E-state index contributed by atoms with van der Waals surface area (Å²) in [7, 11) is -19.5. The standard InChI is InChI=1S/C37H29N3O12S4.3Na/c41-53(42,43)33-18-13-30(14-19-33)38-27-7-1-24(2-8-27)37(25-3-9-28(10-4-25)39-31-15-20-34(21-16-31)54(44,45)46)26-5-11-29(12-6-26)40-32-17-22-35(55(47,48)49)36(23-32)56(50,51)52;;;/h1-23,38,40H,(H,41,42,43)(H,44,45,46)(H,47,48,49)(H,50,51,52);;;/q;3*+1/p-3. The van der Waals surface area contributed by atoms with Crippen LogP contribution in [0.25, 0.3) is 5.57 Å². The maximum atomic E-state index is 11.9. The number of hydrogen-bond acceptors (Lipinski definition) is 14. The molecular weight excluding hydrogens is 876 g/mol. The van der Waals surface area contributed by atoms with Crippen molar-refractivity contribution < 1.29 is 141 Å². The Morgan fingerprint density at radius 1 is 0.475 bits per heavy atom. The molecule has 3 N–H and O–H groups in total. The van der Waals surface area contributed by atoms with Gasteiger partial charge in [0.05, 0.1) is 26.1 Å². The number of nitrogens with one attached hydrogen (secondary N) is 2. The molecule has 5 aromatic carbocycles. The summed E-state index contributed by atoms with van der Waals surface area (Å²) in [5.41, 5.74) is 5.61. The summed E-state index contributed by atoms with van der Waals surface area (Å²) >= 11 is 0. The minimum absolute atomic E-state index is 0. The van der Waals surface area contributed by atoms with E-state index < -0.39 is 50.3 Å². The van der Waals surface area contributed by atoms with Crippen LogP contribution in [0.1, 0.15) is 11.1 Å². The van der Waals surface area contributed by atoms with Crippen LogP contribution < -0.4 is 99.3 Å². The van der Waals surface area contributed by atoms with E-state index in [4.69, 9.17) is 0 Å². The Bertz CT molecular complexity index is 2910. The van der Waals surface area contributed by atoms with Crippen molar-refractivity contribution >= 4 is 80.2 Å². The van der Waals surface area contributed by atoms with Crippen LogP contribution in [-0.4, -0.2) is 57.6 Å². The Morgan fingerprint density at radius 3 is 1.27 bits per heavy atom. The summed E-state index contributed by atoms with van der Waals surface area (Å²) in [5.74, 6) is 0. The van der Waals surface area contributed by atoms with Crippen molar-refractivity contribution in [1.29, 1.82) is 0 Å². The minimum Gasteiger partial charge on any atom is -0.744 e. The van der Waals surface area contributed by atoms with Gasteiger partial charge in [-0.15, -0.1) is 0 Å². The van der Waals surface area contributed by atoms with Crippen molar-refractivity contribution in [3.8, 4) is 0 Å². The van der Waals surface area contributed by atoms with Crippen molar-refractivity contribution in [3.05, 3.63) is 156 Å². The van der Waals surface area contributed by atoms with Gasteiger partial charge in [-0.25, -0.2) is 30.2 Å². The topological polar surface area (TPSA) is 262 Å². The Labute approximate surface area is 407 Å². The van der Waals surface area contributed by atoms with E-state index >= 15 is 0 Å². The molecule has 0 saturated heterocycles. The second-order valence-electron chi connectivity index (χ2n) is 12.0. The third kappa shape index (κ3) is 13.4. The summed E-state index contributed by atoms with van der Waals surface area (Å²) in [5, 5.41) is 6.07. The maximum Gasteiger partial charge on any atom is 1.00 e. The molecule has 0 radical (unpaired) electrons. The molecule has 0 fully saturated rings. The van der Waals surface area contributed by atoms with Crippen molar-refractivity contribution in [2.75, 3.05) is 10.6 Å². The number of hydrogen-bond donors (Lipinski definition) is 3. The third-order valence-electron chi connectivity index (χ3n) is 8.10. The van der Waals surface area contributed by atoms with Crippen molar-refractivity contribution in [3.63, 3.8) is 0 Å². The van der Waals surface area contributed by atoms with Gasteiger partial charge in [-0.2, -0.15) is 8.42 Å². The molecule has 0 saturated carbocycles. The van der Waals surface area contributed by atoms with Crippen molar-refractivity contribution in [2.24, 2.45) is 4.99 Å². The Balaban J connectivity index is 0.00000310. The molecule has 0 aromatic heterocycles. The first-order chi connectivity index (χ1) is 26.2. The van der Waals surface area contributed by atoms with Gasteiger partial charge in [-0.3, -0.25) is 4.55 Å². The van der Waals surface area contributed by atoms with Gasteiger partial charge < -0.3 is 24.3 Å². The van der Waals surface area contributed by atoms with Crippen molar-refractivity contribution in [2.45, 2.75) is 19.6 Å². The molecule has 6 rings (SSSR count). The van der Waals surface area contributed by atoms with E-state index in [0.717, 1.165) is 34.4 Å². The van der Waals surface area contributed by atoms with E-state index in [1.54, 1.807) is 48.6 Å². The largest absolute Gasteiger partial charge is 1.00 e. The molecule has 0 aliphatic heterocycles. The molecule has 59 heavy (non-hydrogen) atoms. The monoisotopic (exact) mass is 901 g/mol. The van der Waals surface area contributed by atoms with Gasteiger partial charge in [0.1, 0.15) is 35.2 Å². The van der Waals surface area contributed by atoms with E-state index in [0.29, 0.717) is 28.5 Å². The van der Waals surface area contributed by atoms with Crippen LogP contribution in [-0.2, 0) is 40.5 Å². The van der Waals surface area contributed by atoms with Gasteiger partial charge in [0, 0.05) is 22.7 Å². The number of aliphatic imine (C=N–C) groups is 1. The summed E-state index contributed by atoms with van der Waals surface area (Å²) in [4.78, 5) is 1.59. The van der Waals surface area contributed by atoms with Crippen LogP contribution in [0.3, 0.4) is 0 Å². The molecule has 22 heteroatoms. The second-order valence-corrected chi connectivity index (χ2v) is 17.5. The van der Waals surface area contributed by atoms with Crippen LogP contribution in [0, 0.1) is 0 Å².